The molecule has 3 rings (SSSR count). The second kappa shape index (κ2) is 10.5. The minimum absolute atomic E-state index is 0.101. The number of amides is 1. The Morgan fingerprint density at radius 3 is 2.67 bits per heavy atom. The molecule has 0 saturated heterocycles. The van der Waals surface area contributed by atoms with Crippen molar-refractivity contribution in [1.82, 2.24) is 10.2 Å². The van der Waals surface area contributed by atoms with E-state index in [1.54, 1.807) is 31.4 Å². The number of methoxy groups -OCH3 is 1. The highest BCUT2D eigenvalue weighted by Gasteiger charge is 2.14. The molecule has 0 atom stereocenters. The normalized spacial score (nSPS) is 10.5. The van der Waals surface area contributed by atoms with Gasteiger partial charge in [0.15, 0.2) is 0 Å². The van der Waals surface area contributed by atoms with Crippen molar-refractivity contribution in [3.8, 4) is 28.7 Å². The highest BCUT2D eigenvalue weighted by molar-refractivity contribution is 7.99. The molecule has 1 amide bonds. The standard InChI is InChI=1S/C21H23N3O5S/c1-4-27-16-9-10-18(28-5-2)17(12-16)22-19(25)13-30-21-24-23-20(29-21)14-7-6-8-15(11-14)26-3/h6-12H,4-5,13H2,1-3H3,(H,22,25). The third kappa shape index (κ3) is 5.66. The van der Waals surface area contributed by atoms with Crippen LogP contribution in [0.25, 0.3) is 11.5 Å². The lowest BCUT2D eigenvalue weighted by Crippen LogP contribution is -2.15. The van der Waals surface area contributed by atoms with Crippen molar-refractivity contribution >= 4 is 23.4 Å². The molecule has 1 N–H and O–H groups in total. The number of aromatic nitrogens is 2. The number of nitrogens with one attached hydrogen (secondary N) is 1. The van der Waals surface area contributed by atoms with Crippen molar-refractivity contribution in [1.29, 1.82) is 0 Å². The van der Waals surface area contributed by atoms with Gasteiger partial charge in [0.2, 0.25) is 11.8 Å². The summed E-state index contributed by atoms with van der Waals surface area (Å²) in [6.07, 6.45) is 0. The molecule has 0 spiro atoms. The maximum Gasteiger partial charge on any atom is 0.277 e. The predicted molar refractivity (Wildman–Crippen MR) is 114 cm³/mol. The Bertz CT molecular complexity index is 992. The van der Waals surface area contributed by atoms with E-state index in [9.17, 15) is 4.79 Å². The first kappa shape index (κ1) is 21.5. The van der Waals surface area contributed by atoms with Crippen LogP contribution in [0.5, 0.6) is 17.2 Å². The number of carbonyl (C=O) groups excluding carboxylic acids is 1. The van der Waals surface area contributed by atoms with Gasteiger partial charge in [0, 0.05) is 11.6 Å². The van der Waals surface area contributed by atoms with Gasteiger partial charge < -0.3 is 23.9 Å². The molecule has 0 unspecified atom stereocenters. The van der Waals surface area contributed by atoms with Gasteiger partial charge >= 0.3 is 0 Å². The fraction of sp³-hybridized carbons (Fsp3) is 0.286. The van der Waals surface area contributed by atoms with Crippen molar-refractivity contribution in [2.45, 2.75) is 19.1 Å². The summed E-state index contributed by atoms with van der Waals surface area (Å²) in [5.41, 5.74) is 1.29. The number of ether oxygens (including phenoxy) is 3. The van der Waals surface area contributed by atoms with Crippen molar-refractivity contribution in [2.75, 3.05) is 31.4 Å². The number of benzene rings is 2. The van der Waals surface area contributed by atoms with Crippen molar-refractivity contribution in [2.24, 2.45) is 0 Å². The quantitative estimate of drug-likeness (QED) is 0.477. The molecule has 158 valence electrons. The minimum atomic E-state index is -0.226. The Kier molecular flexibility index (Phi) is 7.56. The maximum absolute atomic E-state index is 12.4. The first-order valence-electron chi connectivity index (χ1n) is 9.43. The lowest BCUT2D eigenvalue weighted by molar-refractivity contribution is -0.113. The van der Waals surface area contributed by atoms with Gasteiger partial charge in [-0.05, 0) is 44.2 Å². The summed E-state index contributed by atoms with van der Waals surface area (Å²) in [6.45, 7) is 4.80. The zero-order valence-electron chi connectivity index (χ0n) is 17.0. The smallest absolute Gasteiger partial charge is 0.277 e. The number of carbonyl (C=O) groups is 1. The molecule has 8 nitrogen and oxygen atoms in total. The summed E-state index contributed by atoms with van der Waals surface area (Å²) in [4.78, 5) is 12.4. The molecule has 0 saturated carbocycles. The number of rotatable bonds is 10. The summed E-state index contributed by atoms with van der Waals surface area (Å²) in [5, 5.41) is 11.2. The van der Waals surface area contributed by atoms with E-state index >= 15 is 0 Å². The lowest BCUT2D eigenvalue weighted by atomic mass is 10.2. The molecule has 0 aliphatic heterocycles. The Morgan fingerprint density at radius 1 is 1.07 bits per heavy atom. The van der Waals surface area contributed by atoms with Gasteiger partial charge in [-0.2, -0.15) is 0 Å². The molecule has 3 aromatic rings. The van der Waals surface area contributed by atoms with Crippen LogP contribution < -0.4 is 19.5 Å². The summed E-state index contributed by atoms with van der Waals surface area (Å²) in [5.74, 6) is 2.17. The maximum atomic E-state index is 12.4. The van der Waals surface area contributed by atoms with Gasteiger partial charge in [-0.3, -0.25) is 4.79 Å². The van der Waals surface area contributed by atoms with Gasteiger partial charge in [0.25, 0.3) is 5.22 Å². The number of hydrogen-bond donors (Lipinski definition) is 1. The number of anilines is 1. The Morgan fingerprint density at radius 2 is 1.90 bits per heavy atom. The highest BCUT2D eigenvalue weighted by atomic mass is 32.2. The zero-order valence-corrected chi connectivity index (χ0v) is 17.8. The first-order valence-corrected chi connectivity index (χ1v) is 10.4. The van der Waals surface area contributed by atoms with Gasteiger partial charge in [0.1, 0.15) is 17.2 Å². The van der Waals surface area contributed by atoms with Gasteiger partial charge in [-0.15, -0.1) is 10.2 Å². The molecule has 0 radical (unpaired) electrons. The van der Waals surface area contributed by atoms with Gasteiger partial charge in [-0.25, -0.2) is 0 Å². The van der Waals surface area contributed by atoms with Crippen molar-refractivity contribution < 1.29 is 23.4 Å². The van der Waals surface area contributed by atoms with Crippen molar-refractivity contribution in [3.05, 3.63) is 42.5 Å². The number of thioether (sulfide) groups is 1. The summed E-state index contributed by atoms with van der Waals surface area (Å²) >= 11 is 1.15. The van der Waals surface area contributed by atoms with E-state index in [2.05, 4.69) is 15.5 Å². The van der Waals surface area contributed by atoms with Crippen LogP contribution in [-0.2, 0) is 4.79 Å². The Hall–Kier alpha value is -3.20. The molecule has 9 heteroatoms. The predicted octanol–water partition coefficient (Wildman–Crippen LogP) is 4.27. The van der Waals surface area contributed by atoms with Crippen LogP contribution in [-0.4, -0.2) is 42.2 Å². The molecule has 0 aliphatic carbocycles. The molecule has 30 heavy (non-hydrogen) atoms. The minimum Gasteiger partial charge on any atom is -0.497 e. The van der Waals surface area contributed by atoms with E-state index in [0.29, 0.717) is 47.3 Å². The number of nitrogens with zero attached hydrogens (tertiary/aromatic N) is 2. The van der Waals surface area contributed by atoms with Crippen LogP contribution >= 0.6 is 11.8 Å². The van der Waals surface area contributed by atoms with E-state index in [-0.39, 0.29) is 11.7 Å². The largest absolute Gasteiger partial charge is 0.497 e. The number of hydrogen-bond acceptors (Lipinski definition) is 8. The molecular weight excluding hydrogens is 406 g/mol. The van der Waals surface area contributed by atoms with Crippen molar-refractivity contribution in [3.63, 3.8) is 0 Å². The Labute approximate surface area is 178 Å². The first-order chi connectivity index (χ1) is 14.6. The van der Waals surface area contributed by atoms with E-state index in [1.165, 1.54) is 0 Å². The third-order valence-corrected chi connectivity index (χ3v) is 4.70. The summed E-state index contributed by atoms with van der Waals surface area (Å²) < 4.78 is 21.9. The van der Waals surface area contributed by atoms with Crippen LogP contribution in [0.2, 0.25) is 0 Å². The molecule has 0 aliphatic rings. The highest BCUT2D eigenvalue weighted by Crippen LogP contribution is 2.30. The molecule has 1 heterocycles. The molecule has 1 aromatic heterocycles. The fourth-order valence-corrected chi connectivity index (χ4v) is 3.16. The third-order valence-electron chi connectivity index (χ3n) is 3.89. The second-order valence-corrected chi connectivity index (χ2v) is 6.89. The van der Waals surface area contributed by atoms with Crippen LogP contribution in [0.3, 0.4) is 0 Å². The monoisotopic (exact) mass is 429 g/mol. The van der Waals surface area contributed by atoms with Gasteiger partial charge in [0.05, 0.1) is 31.8 Å². The summed E-state index contributed by atoms with van der Waals surface area (Å²) in [7, 11) is 1.59. The van der Waals surface area contributed by atoms with Crippen LogP contribution in [0.1, 0.15) is 13.8 Å². The molecule has 0 bridgehead atoms. The fourth-order valence-electron chi connectivity index (χ4n) is 2.60. The average Bonchev–Trinajstić information content (AvgIpc) is 3.24. The SMILES string of the molecule is CCOc1ccc(OCC)c(NC(=O)CSc2nnc(-c3cccc(OC)c3)o2)c1. The Balaban J connectivity index is 1.62. The lowest BCUT2D eigenvalue weighted by Gasteiger charge is -2.13. The molecule has 0 fully saturated rings. The molecular formula is C21H23N3O5S. The van der Waals surface area contributed by atoms with Crippen LogP contribution in [0.15, 0.2) is 52.1 Å². The van der Waals surface area contributed by atoms with E-state index in [1.807, 2.05) is 32.0 Å². The molecule has 2 aromatic carbocycles. The van der Waals surface area contributed by atoms with E-state index in [4.69, 9.17) is 18.6 Å². The van der Waals surface area contributed by atoms with Crippen LogP contribution in [0, 0.1) is 0 Å². The van der Waals surface area contributed by atoms with E-state index < -0.39 is 0 Å². The van der Waals surface area contributed by atoms with Crippen LogP contribution in [0.4, 0.5) is 5.69 Å². The van der Waals surface area contributed by atoms with E-state index in [0.717, 1.165) is 17.3 Å². The topological polar surface area (TPSA) is 95.7 Å². The summed E-state index contributed by atoms with van der Waals surface area (Å²) in [6, 6.07) is 12.6. The average molecular weight is 429 g/mol. The second-order valence-electron chi connectivity index (χ2n) is 5.97. The zero-order chi connectivity index (χ0) is 21.3. The van der Waals surface area contributed by atoms with Gasteiger partial charge in [-0.1, -0.05) is 17.8 Å².